The average Bonchev–Trinajstić information content (AvgIpc) is 0.902. The third-order valence-corrected chi connectivity index (χ3v) is 22.9. The van der Waals surface area contributed by atoms with Crippen LogP contribution < -0.4 is 0 Å². The van der Waals surface area contributed by atoms with Crippen LogP contribution in [0.3, 0.4) is 0 Å². The first-order valence-corrected chi connectivity index (χ1v) is 48.4. The fourth-order valence-corrected chi connectivity index (χ4v) is 15.3. The van der Waals surface area contributed by atoms with Gasteiger partial charge in [-0.3, -0.25) is 37.3 Å². The molecule has 636 valence electrons. The molecule has 6 atom stereocenters. The van der Waals surface area contributed by atoms with Gasteiger partial charge >= 0.3 is 39.5 Å². The first-order chi connectivity index (χ1) is 51.8. The number of hydrogen-bond donors (Lipinski definition) is 3. The summed E-state index contributed by atoms with van der Waals surface area (Å²) in [6.07, 6.45) is 69.3. The summed E-state index contributed by atoms with van der Waals surface area (Å²) in [5.41, 5.74) is 0. The van der Waals surface area contributed by atoms with Gasteiger partial charge in [0.2, 0.25) is 0 Å². The SMILES string of the molecule is CCCCCCCCCCCCCCCCCCC(=O)O[C@H](COC(=O)CCCCCCCCCCC(C)CC)COP(=O)(O)OC[C@H](O)COP(=O)(O)OC[C@@H](COC(=O)CCCCCCCCCCCCCCCCCC(C)C)OC(=O)CCCCCCCCCCCCCCCCCCCCC(C)C. The highest BCUT2D eigenvalue weighted by Crippen LogP contribution is 2.45. The minimum Gasteiger partial charge on any atom is -0.462 e. The Morgan fingerprint density at radius 1 is 0.271 bits per heavy atom. The lowest BCUT2D eigenvalue weighted by molar-refractivity contribution is -0.161. The van der Waals surface area contributed by atoms with Gasteiger partial charge in [-0.05, 0) is 43.4 Å². The van der Waals surface area contributed by atoms with E-state index in [9.17, 15) is 43.2 Å². The Hall–Kier alpha value is -1.94. The molecule has 107 heavy (non-hydrogen) atoms. The molecule has 0 rings (SSSR count). The highest BCUT2D eigenvalue weighted by Gasteiger charge is 2.31. The predicted octanol–water partition coefficient (Wildman–Crippen LogP) is 26.9. The average molecular weight is 1560 g/mol. The number of unbranched alkanes of at least 4 members (excludes halogenated alkanes) is 53. The van der Waals surface area contributed by atoms with Gasteiger partial charge in [-0.25, -0.2) is 9.13 Å². The van der Waals surface area contributed by atoms with Crippen LogP contribution in [0.15, 0.2) is 0 Å². The summed E-state index contributed by atoms with van der Waals surface area (Å²) in [4.78, 5) is 73.3. The van der Waals surface area contributed by atoms with Crippen molar-refractivity contribution in [1.82, 2.24) is 0 Å². The third kappa shape index (κ3) is 80.5. The maximum absolute atomic E-state index is 13.2. The molecule has 0 amide bonds. The summed E-state index contributed by atoms with van der Waals surface area (Å²) in [5, 5.41) is 10.7. The van der Waals surface area contributed by atoms with E-state index in [0.29, 0.717) is 25.7 Å². The molecule has 3 N–H and O–H groups in total. The molecule has 0 saturated carbocycles. The minimum absolute atomic E-state index is 0.108. The fraction of sp³-hybridized carbons (Fsp3) is 0.955. The Balaban J connectivity index is 5.26. The van der Waals surface area contributed by atoms with Gasteiger partial charge in [-0.1, -0.05) is 414 Å². The Morgan fingerprint density at radius 3 is 0.710 bits per heavy atom. The van der Waals surface area contributed by atoms with Crippen molar-refractivity contribution < 1.29 is 80.2 Å². The quantitative estimate of drug-likeness (QED) is 0.0222. The first kappa shape index (κ1) is 105. The zero-order valence-electron chi connectivity index (χ0n) is 70.6. The van der Waals surface area contributed by atoms with Gasteiger partial charge in [0.15, 0.2) is 12.2 Å². The summed E-state index contributed by atoms with van der Waals surface area (Å²) in [5.74, 6) is 0.303. The lowest BCUT2D eigenvalue weighted by Crippen LogP contribution is -2.30. The van der Waals surface area contributed by atoms with Gasteiger partial charge in [0.25, 0.3) is 0 Å². The van der Waals surface area contributed by atoms with Crippen LogP contribution in [-0.2, 0) is 65.4 Å². The van der Waals surface area contributed by atoms with E-state index in [1.165, 1.54) is 276 Å². The number of aliphatic hydroxyl groups excluding tert-OH is 1. The maximum atomic E-state index is 13.2. The van der Waals surface area contributed by atoms with Crippen LogP contribution in [0.4, 0.5) is 0 Å². The minimum atomic E-state index is -4.97. The van der Waals surface area contributed by atoms with Crippen molar-refractivity contribution in [1.29, 1.82) is 0 Å². The molecular formula is C88H172O17P2. The number of phosphoric acid groups is 2. The van der Waals surface area contributed by atoms with Crippen LogP contribution in [0.25, 0.3) is 0 Å². The van der Waals surface area contributed by atoms with E-state index in [-0.39, 0.29) is 25.7 Å². The first-order valence-electron chi connectivity index (χ1n) is 45.4. The van der Waals surface area contributed by atoms with Gasteiger partial charge in [0, 0.05) is 25.7 Å². The van der Waals surface area contributed by atoms with Crippen molar-refractivity contribution >= 4 is 39.5 Å². The van der Waals surface area contributed by atoms with Gasteiger partial charge in [-0.2, -0.15) is 0 Å². The van der Waals surface area contributed by atoms with E-state index in [4.69, 9.17) is 37.0 Å². The van der Waals surface area contributed by atoms with Crippen molar-refractivity contribution in [3.8, 4) is 0 Å². The largest absolute Gasteiger partial charge is 0.472 e. The molecular weight excluding hydrogens is 1390 g/mol. The van der Waals surface area contributed by atoms with Gasteiger partial charge in [0.1, 0.15) is 19.3 Å². The zero-order valence-corrected chi connectivity index (χ0v) is 72.4. The number of carbonyl (C=O) groups is 4. The van der Waals surface area contributed by atoms with Gasteiger partial charge < -0.3 is 33.8 Å². The molecule has 3 unspecified atom stereocenters. The predicted molar refractivity (Wildman–Crippen MR) is 441 cm³/mol. The second kappa shape index (κ2) is 78.0. The van der Waals surface area contributed by atoms with Crippen molar-refractivity contribution in [3.63, 3.8) is 0 Å². The standard InChI is InChI=1S/C88H172O17P2/c1-8-10-11-12-13-14-15-16-17-25-31-36-41-50-57-64-71-88(93)105-84(76-99-86(91)70-63-56-49-44-43-47-54-61-68-81(7)9-2)78-103-107(96,97)101-74-82(89)73-100-106(94,95)102-77-83(75-98-85(90)69-62-55-48-40-35-30-27-22-24-29-34-39-46-53-60-67-80(5)6)104-87(92)72-65-58-51-42-37-32-26-21-19-18-20-23-28-33-38-45-52-59-66-79(3)4/h79-84,89H,8-78H2,1-7H3,(H,94,95)(H,96,97)/t81?,82-,83-,84-/m1/s1. The Bertz CT molecular complexity index is 2060. The highest BCUT2D eigenvalue weighted by molar-refractivity contribution is 7.47. The second-order valence-corrected chi connectivity index (χ2v) is 35.7. The van der Waals surface area contributed by atoms with Crippen molar-refractivity contribution in [2.24, 2.45) is 17.8 Å². The highest BCUT2D eigenvalue weighted by atomic mass is 31.2. The normalized spacial score (nSPS) is 14.1. The molecule has 19 heteroatoms. The molecule has 0 aromatic heterocycles. The van der Waals surface area contributed by atoms with Crippen LogP contribution in [0.1, 0.15) is 466 Å². The molecule has 0 spiro atoms. The molecule has 17 nitrogen and oxygen atoms in total. The number of phosphoric ester groups is 2. The number of rotatable bonds is 86. The van der Waals surface area contributed by atoms with E-state index < -0.39 is 97.5 Å². The van der Waals surface area contributed by atoms with Gasteiger partial charge in [-0.15, -0.1) is 0 Å². The summed E-state index contributed by atoms with van der Waals surface area (Å²) in [6, 6.07) is 0. The molecule has 0 heterocycles. The number of carbonyl (C=O) groups excluding carboxylic acids is 4. The lowest BCUT2D eigenvalue weighted by atomic mass is 9.99. The zero-order chi connectivity index (χ0) is 78.6. The smallest absolute Gasteiger partial charge is 0.462 e. The summed E-state index contributed by atoms with van der Waals surface area (Å²) in [7, 11) is -9.93. The molecule has 0 radical (unpaired) electrons. The van der Waals surface area contributed by atoms with E-state index in [0.717, 1.165) is 108 Å². The molecule has 0 aromatic carbocycles. The van der Waals surface area contributed by atoms with Crippen molar-refractivity contribution in [3.05, 3.63) is 0 Å². The Morgan fingerprint density at radius 2 is 0.477 bits per heavy atom. The van der Waals surface area contributed by atoms with Gasteiger partial charge in [0.05, 0.1) is 26.4 Å². The maximum Gasteiger partial charge on any atom is 0.472 e. The Labute approximate surface area is 658 Å². The molecule has 0 fully saturated rings. The Kier molecular flexibility index (Phi) is 76.6. The number of esters is 4. The molecule has 0 aliphatic carbocycles. The molecule has 0 bridgehead atoms. The van der Waals surface area contributed by atoms with Crippen molar-refractivity contribution in [2.75, 3.05) is 39.6 Å². The molecule has 0 aliphatic rings. The number of aliphatic hydroxyl groups is 1. The summed E-state index contributed by atoms with van der Waals surface area (Å²) < 4.78 is 69.0. The van der Waals surface area contributed by atoms with E-state index in [2.05, 4.69) is 48.5 Å². The monoisotopic (exact) mass is 1560 g/mol. The number of ether oxygens (including phenoxy) is 4. The van der Waals surface area contributed by atoms with Crippen LogP contribution in [0.2, 0.25) is 0 Å². The summed E-state index contributed by atoms with van der Waals surface area (Å²) in [6.45, 7) is 12.1. The molecule has 0 saturated heterocycles. The van der Waals surface area contributed by atoms with Crippen molar-refractivity contribution in [2.45, 2.75) is 484 Å². The van der Waals surface area contributed by atoms with E-state index >= 15 is 0 Å². The van der Waals surface area contributed by atoms with Crippen LogP contribution in [-0.4, -0.2) is 96.7 Å². The van der Waals surface area contributed by atoms with Crippen LogP contribution in [0.5, 0.6) is 0 Å². The topological polar surface area (TPSA) is 237 Å². The van der Waals surface area contributed by atoms with Crippen LogP contribution in [0, 0.1) is 17.8 Å². The lowest BCUT2D eigenvalue weighted by Gasteiger charge is -2.21. The number of hydrogen-bond acceptors (Lipinski definition) is 15. The fourth-order valence-electron chi connectivity index (χ4n) is 13.7. The van der Waals surface area contributed by atoms with E-state index in [1.807, 2.05) is 0 Å². The van der Waals surface area contributed by atoms with E-state index in [1.54, 1.807) is 0 Å². The molecule has 0 aliphatic heterocycles. The van der Waals surface area contributed by atoms with Crippen LogP contribution >= 0.6 is 15.6 Å². The summed E-state index contributed by atoms with van der Waals surface area (Å²) >= 11 is 0. The third-order valence-electron chi connectivity index (χ3n) is 21.0. The molecule has 0 aromatic rings. The second-order valence-electron chi connectivity index (χ2n) is 32.8.